The lowest BCUT2D eigenvalue weighted by molar-refractivity contribution is -0.140. The third-order valence-corrected chi connectivity index (χ3v) is 6.64. The fraction of sp³-hybridized carbons (Fsp3) is 0.188. The number of hydrogen-bond acceptors (Lipinski definition) is 5. The minimum atomic E-state index is -0.818. The van der Waals surface area contributed by atoms with Crippen molar-refractivity contribution in [2.45, 2.75) is 32.5 Å². The largest absolute Gasteiger partial charge is 0.507 e. The number of amides is 1. The van der Waals surface area contributed by atoms with Crippen molar-refractivity contribution in [1.29, 1.82) is 0 Å². The molecule has 1 aliphatic rings. The molecule has 1 N–H and O–H groups in total. The zero-order valence-corrected chi connectivity index (χ0v) is 21.5. The number of ether oxygens (including phenoxy) is 2. The monoisotopic (exact) mass is 507 g/mol. The molecule has 1 aliphatic heterocycles. The Hall–Kier alpha value is -4.58. The summed E-state index contributed by atoms with van der Waals surface area (Å²) in [6.07, 6.45) is -0.0530. The number of carbonyl (C=O) groups is 2. The van der Waals surface area contributed by atoms with Crippen molar-refractivity contribution < 1.29 is 24.2 Å². The highest BCUT2D eigenvalue weighted by Gasteiger charge is 2.46. The van der Waals surface area contributed by atoms with Gasteiger partial charge in [-0.15, -0.1) is 0 Å². The fourth-order valence-corrected chi connectivity index (χ4v) is 4.93. The first kappa shape index (κ1) is 25.1. The molecule has 0 saturated carbocycles. The van der Waals surface area contributed by atoms with Crippen LogP contribution in [0.5, 0.6) is 11.5 Å². The number of Topliss-reactive ketones (excluding diaryl/α,β-unsaturated/α-hetero) is 1. The molecule has 1 heterocycles. The van der Waals surface area contributed by atoms with Crippen LogP contribution >= 0.6 is 0 Å². The lowest BCUT2D eigenvalue weighted by atomic mass is 9.94. The van der Waals surface area contributed by atoms with Gasteiger partial charge in [-0.3, -0.25) is 9.59 Å². The summed E-state index contributed by atoms with van der Waals surface area (Å²) in [6.45, 7) is 3.99. The van der Waals surface area contributed by atoms with Gasteiger partial charge in [0.05, 0.1) is 31.4 Å². The SMILES string of the molecule is COc1ccccc1CN1C(=O)C(=O)/C(=C(\O)c2ccc3ccccc3c2)C1c1cccc(OC(C)C)c1. The Morgan fingerprint density at radius 2 is 1.63 bits per heavy atom. The van der Waals surface area contributed by atoms with Crippen LogP contribution in [0.2, 0.25) is 0 Å². The van der Waals surface area contributed by atoms with Crippen LogP contribution in [-0.2, 0) is 16.1 Å². The van der Waals surface area contributed by atoms with Crippen LogP contribution in [0.1, 0.15) is 36.6 Å². The maximum Gasteiger partial charge on any atom is 0.295 e. The third kappa shape index (κ3) is 4.73. The Kier molecular flexibility index (Phi) is 6.88. The first-order valence-electron chi connectivity index (χ1n) is 12.5. The average Bonchev–Trinajstić information content (AvgIpc) is 3.17. The van der Waals surface area contributed by atoms with Crippen molar-refractivity contribution in [2.75, 3.05) is 7.11 Å². The summed E-state index contributed by atoms with van der Waals surface area (Å²) < 4.78 is 11.4. The van der Waals surface area contributed by atoms with Gasteiger partial charge in [0.15, 0.2) is 0 Å². The number of aliphatic hydroxyl groups excluding tert-OH is 1. The van der Waals surface area contributed by atoms with E-state index in [0.29, 0.717) is 22.6 Å². The van der Waals surface area contributed by atoms with Crippen LogP contribution in [0.3, 0.4) is 0 Å². The average molecular weight is 508 g/mol. The lowest BCUT2D eigenvalue weighted by Gasteiger charge is -2.26. The molecule has 0 aliphatic carbocycles. The van der Waals surface area contributed by atoms with Gasteiger partial charge in [0, 0.05) is 11.1 Å². The van der Waals surface area contributed by atoms with E-state index in [4.69, 9.17) is 9.47 Å². The molecule has 6 heteroatoms. The van der Waals surface area contributed by atoms with Crippen molar-refractivity contribution >= 4 is 28.2 Å². The van der Waals surface area contributed by atoms with Crippen LogP contribution in [0.15, 0.2) is 96.6 Å². The second kappa shape index (κ2) is 10.4. The minimum absolute atomic E-state index is 0.0434. The number of carbonyl (C=O) groups excluding carboxylic acids is 2. The molecule has 5 rings (SSSR count). The van der Waals surface area contributed by atoms with E-state index in [1.807, 2.05) is 98.8 Å². The van der Waals surface area contributed by atoms with E-state index in [9.17, 15) is 14.7 Å². The number of rotatable bonds is 7. The Morgan fingerprint density at radius 1 is 0.895 bits per heavy atom. The zero-order valence-electron chi connectivity index (χ0n) is 21.5. The van der Waals surface area contributed by atoms with E-state index in [0.717, 1.165) is 16.3 Å². The molecular weight excluding hydrogens is 478 g/mol. The summed E-state index contributed by atoms with van der Waals surface area (Å²) in [5.41, 5.74) is 1.93. The van der Waals surface area contributed by atoms with Gasteiger partial charge in [0.25, 0.3) is 11.7 Å². The molecule has 0 bridgehead atoms. The number of nitrogens with zero attached hydrogens (tertiary/aromatic N) is 1. The number of aliphatic hydroxyl groups is 1. The second-order valence-corrected chi connectivity index (χ2v) is 9.54. The van der Waals surface area contributed by atoms with Gasteiger partial charge >= 0.3 is 0 Å². The first-order chi connectivity index (χ1) is 18.4. The van der Waals surface area contributed by atoms with E-state index in [1.54, 1.807) is 13.2 Å². The van der Waals surface area contributed by atoms with E-state index >= 15 is 0 Å². The van der Waals surface area contributed by atoms with Crippen LogP contribution in [0.4, 0.5) is 0 Å². The molecule has 1 amide bonds. The van der Waals surface area contributed by atoms with Gasteiger partial charge in [-0.1, -0.05) is 66.7 Å². The van der Waals surface area contributed by atoms with E-state index in [1.165, 1.54) is 4.90 Å². The number of hydrogen-bond donors (Lipinski definition) is 1. The quantitative estimate of drug-likeness (QED) is 0.182. The van der Waals surface area contributed by atoms with Gasteiger partial charge in [0.1, 0.15) is 17.3 Å². The van der Waals surface area contributed by atoms with Crippen molar-refractivity contribution in [3.8, 4) is 11.5 Å². The zero-order chi connectivity index (χ0) is 26.8. The van der Waals surface area contributed by atoms with Crippen molar-refractivity contribution in [1.82, 2.24) is 4.90 Å². The Bertz CT molecular complexity index is 1550. The molecule has 192 valence electrons. The molecule has 6 nitrogen and oxygen atoms in total. The van der Waals surface area contributed by atoms with Crippen molar-refractivity contribution in [2.24, 2.45) is 0 Å². The number of fused-ring (bicyclic) bond motifs is 1. The van der Waals surface area contributed by atoms with E-state index < -0.39 is 17.7 Å². The summed E-state index contributed by atoms with van der Waals surface area (Å²) in [5.74, 6) is -0.397. The Labute approximate surface area is 221 Å². The maximum atomic E-state index is 13.5. The highest BCUT2D eigenvalue weighted by Crippen LogP contribution is 2.42. The number of para-hydroxylation sites is 1. The molecule has 0 radical (unpaired) electrons. The van der Waals surface area contributed by atoms with Gasteiger partial charge in [-0.05, 0) is 54.4 Å². The molecular formula is C32H29NO5. The molecule has 38 heavy (non-hydrogen) atoms. The topological polar surface area (TPSA) is 76.1 Å². The Balaban J connectivity index is 1.67. The number of ketones is 1. The third-order valence-electron chi connectivity index (χ3n) is 6.64. The molecule has 0 spiro atoms. The van der Waals surface area contributed by atoms with Gasteiger partial charge in [-0.25, -0.2) is 0 Å². The number of benzene rings is 4. The lowest BCUT2D eigenvalue weighted by Crippen LogP contribution is -2.29. The van der Waals surface area contributed by atoms with Gasteiger partial charge in [-0.2, -0.15) is 0 Å². The number of methoxy groups -OCH3 is 1. The van der Waals surface area contributed by atoms with E-state index in [2.05, 4.69) is 0 Å². The van der Waals surface area contributed by atoms with Crippen LogP contribution in [0.25, 0.3) is 16.5 Å². The second-order valence-electron chi connectivity index (χ2n) is 9.54. The summed E-state index contributed by atoms with van der Waals surface area (Å²) in [6, 6.07) is 27.1. The van der Waals surface area contributed by atoms with Crippen LogP contribution in [0, 0.1) is 0 Å². The summed E-state index contributed by atoms with van der Waals surface area (Å²) in [4.78, 5) is 28.5. The Morgan fingerprint density at radius 3 is 2.39 bits per heavy atom. The van der Waals surface area contributed by atoms with Gasteiger partial charge < -0.3 is 19.5 Å². The predicted molar refractivity (Wildman–Crippen MR) is 147 cm³/mol. The predicted octanol–water partition coefficient (Wildman–Crippen LogP) is 6.26. The van der Waals surface area contributed by atoms with E-state index in [-0.39, 0.29) is 24.0 Å². The van der Waals surface area contributed by atoms with Gasteiger partial charge in [0.2, 0.25) is 0 Å². The highest BCUT2D eigenvalue weighted by atomic mass is 16.5. The standard InChI is InChI=1S/C32H29NO5/c1-20(2)38-26-13-8-12-23(18-26)29-28(30(34)24-16-15-21-9-4-5-10-22(21)17-24)31(35)32(36)33(29)19-25-11-6-7-14-27(25)37-3/h4-18,20,29,34H,19H2,1-3H3/b30-28-. The molecule has 4 aromatic carbocycles. The minimum Gasteiger partial charge on any atom is -0.507 e. The molecule has 1 atom stereocenters. The van der Waals surface area contributed by atoms with Crippen LogP contribution in [-0.4, -0.2) is 34.9 Å². The van der Waals surface area contributed by atoms with Crippen LogP contribution < -0.4 is 9.47 Å². The molecule has 4 aromatic rings. The molecule has 0 aromatic heterocycles. The maximum absolute atomic E-state index is 13.5. The highest BCUT2D eigenvalue weighted by molar-refractivity contribution is 6.46. The normalized spacial score (nSPS) is 16.8. The molecule has 1 unspecified atom stereocenters. The first-order valence-corrected chi connectivity index (χ1v) is 12.5. The van der Waals surface area contributed by atoms with Crippen molar-refractivity contribution in [3.63, 3.8) is 0 Å². The fourth-order valence-electron chi connectivity index (χ4n) is 4.93. The summed E-state index contributed by atoms with van der Waals surface area (Å²) >= 11 is 0. The summed E-state index contributed by atoms with van der Waals surface area (Å²) in [5, 5.41) is 13.5. The van der Waals surface area contributed by atoms with Crippen molar-refractivity contribution in [3.05, 3.63) is 113 Å². The molecule has 1 fully saturated rings. The summed E-state index contributed by atoms with van der Waals surface area (Å²) in [7, 11) is 1.57. The number of likely N-dealkylation sites (tertiary alicyclic amines) is 1. The molecule has 1 saturated heterocycles. The smallest absolute Gasteiger partial charge is 0.295 e.